The standard InChI is InChI=1S/C16H18N6O2/c1-20-10-12(8-19-20)22-7-3-16(15(22)24)2-6-21(11-16)14(23)13-9-17-4-5-18-13/h4-5,8-10H,2-3,6-7,11H2,1H3/t16-/m0/s1. The number of hydrogen-bond donors (Lipinski definition) is 0. The predicted molar refractivity (Wildman–Crippen MR) is 85.2 cm³/mol. The van der Waals surface area contributed by atoms with E-state index in [0.717, 1.165) is 12.1 Å². The summed E-state index contributed by atoms with van der Waals surface area (Å²) in [5.74, 6) is -0.0717. The minimum Gasteiger partial charge on any atom is -0.336 e. The lowest BCUT2D eigenvalue weighted by Gasteiger charge is -2.23. The van der Waals surface area contributed by atoms with Crippen LogP contribution in [0.4, 0.5) is 5.69 Å². The molecule has 0 N–H and O–H groups in total. The van der Waals surface area contributed by atoms with E-state index in [-0.39, 0.29) is 11.8 Å². The van der Waals surface area contributed by atoms with Crippen molar-refractivity contribution in [2.45, 2.75) is 12.8 Å². The number of carbonyl (C=O) groups is 2. The van der Waals surface area contributed by atoms with E-state index in [1.54, 1.807) is 20.7 Å². The predicted octanol–water partition coefficient (Wildman–Crippen LogP) is 0.479. The van der Waals surface area contributed by atoms with Gasteiger partial charge in [0.15, 0.2) is 0 Å². The van der Waals surface area contributed by atoms with Gasteiger partial charge in [-0.05, 0) is 12.8 Å². The number of amides is 2. The maximum absolute atomic E-state index is 13.0. The van der Waals surface area contributed by atoms with Gasteiger partial charge in [-0.15, -0.1) is 0 Å². The smallest absolute Gasteiger partial charge is 0.274 e. The first-order chi connectivity index (χ1) is 11.6. The highest BCUT2D eigenvalue weighted by atomic mass is 16.2. The van der Waals surface area contributed by atoms with Crippen LogP contribution >= 0.6 is 0 Å². The molecule has 0 aromatic carbocycles. The zero-order chi connectivity index (χ0) is 16.7. The Morgan fingerprint density at radius 1 is 1.21 bits per heavy atom. The summed E-state index contributed by atoms with van der Waals surface area (Å²) in [6.45, 7) is 1.68. The number of carbonyl (C=O) groups excluding carboxylic acids is 2. The second-order valence-electron chi connectivity index (χ2n) is 6.43. The Balaban J connectivity index is 1.52. The van der Waals surface area contributed by atoms with Crippen molar-refractivity contribution in [3.05, 3.63) is 36.7 Å². The molecule has 1 atom stereocenters. The van der Waals surface area contributed by atoms with E-state index in [1.807, 2.05) is 13.2 Å². The largest absolute Gasteiger partial charge is 0.336 e. The fourth-order valence-electron chi connectivity index (χ4n) is 3.61. The average molecular weight is 326 g/mol. The third-order valence-corrected chi connectivity index (χ3v) is 4.94. The van der Waals surface area contributed by atoms with Gasteiger partial charge < -0.3 is 9.80 Å². The van der Waals surface area contributed by atoms with Crippen LogP contribution in [-0.4, -0.2) is 56.1 Å². The Hall–Kier alpha value is -2.77. The number of rotatable bonds is 2. The normalized spacial score (nSPS) is 23.5. The van der Waals surface area contributed by atoms with E-state index in [4.69, 9.17) is 0 Å². The van der Waals surface area contributed by atoms with E-state index in [0.29, 0.717) is 31.7 Å². The van der Waals surface area contributed by atoms with Crippen LogP contribution in [0.3, 0.4) is 0 Å². The lowest BCUT2D eigenvalue weighted by Crippen LogP contribution is -2.38. The number of aryl methyl sites for hydroxylation is 1. The van der Waals surface area contributed by atoms with Crippen LogP contribution in [-0.2, 0) is 11.8 Å². The Morgan fingerprint density at radius 3 is 2.75 bits per heavy atom. The number of hydrogen-bond acceptors (Lipinski definition) is 5. The van der Waals surface area contributed by atoms with Gasteiger partial charge in [0.2, 0.25) is 5.91 Å². The van der Waals surface area contributed by atoms with Crippen molar-refractivity contribution in [3.8, 4) is 0 Å². The molecule has 2 aliphatic rings. The first kappa shape index (κ1) is 14.8. The van der Waals surface area contributed by atoms with Gasteiger partial charge in [-0.25, -0.2) is 4.98 Å². The highest BCUT2D eigenvalue weighted by Crippen LogP contribution is 2.42. The van der Waals surface area contributed by atoms with Crippen LogP contribution in [0.1, 0.15) is 23.3 Å². The maximum Gasteiger partial charge on any atom is 0.274 e. The lowest BCUT2D eigenvalue weighted by atomic mass is 9.85. The highest BCUT2D eigenvalue weighted by molar-refractivity contribution is 6.01. The topological polar surface area (TPSA) is 84.2 Å². The Morgan fingerprint density at radius 2 is 2.04 bits per heavy atom. The SMILES string of the molecule is Cn1cc(N2CC[C@]3(CCN(C(=O)c4cnccn4)C3)C2=O)cn1. The Bertz CT molecular complexity index is 789. The second-order valence-corrected chi connectivity index (χ2v) is 6.43. The van der Waals surface area contributed by atoms with Crippen LogP contribution in [0.5, 0.6) is 0 Å². The minimum atomic E-state index is -0.478. The summed E-state index contributed by atoms with van der Waals surface area (Å²) in [5, 5.41) is 4.14. The molecule has 4 heterocycles. The molecule has 0 radical (unpaired) electrons. The lowest BCUT2D eigenvalue weighted by molar-refractivity contribution is -0.124. The Labute approximate surface area is 139 Å². The molecule has 2 aliphatic heterocycles. The molecule has 0 aliphatic carbocycles. The fraction of sp³-hybridized carbons (Fsp3) is 0.438. The van der Waals surface area contributed by atoms with Gasteiger partial charge in [0.1, 0.15) is 5.69 Å². The molecular formula is C16H18N6O2. The van der Waals surface area contributed by atoms with Gasteiger partial charge in [0, 0.05) is 45.3 Å². The molecule has 24 heavy (non-hydrogen) atoms. The van der Waals surface area contributed by atoms with Crippen LogP contribution in [0, 0.1) is 5.41 Å². The van der Waals surface area contributed by atoms with Crippen molar-refractivity contribution >= 4 is 17.5 Å². The molecule has 8 heteroatoms. The zero-order valence-electron chi connectivity index (χ0n) is 13.4. The van der Waals surface area contributed by atoms with Gasteiger partial charge in [-0.1, -0.05) is 0 Å². The van der Waals surface area contributed by atoms with Crippen molar-refractivity contribution < 1.29 is 9.59 Å². The quantitative estimate of drug-likeness (QED) is 0.801. The fourth-order valence-corrected chi connectivity index (χ4v) is 3.61. The molecular weight excluding hydrogens is 308 g/mol. The molecule has 0 unspecified atom stereocenters. The molecule has 0 bridgehead atoms. The van der Waals surface area contributed by atoms with E-state index in [2.05, 4.69) is 15.1 Å². The van der Waals surface area contributed by atoms with Crippen molar-refractivity contribution in [1.29, 1.82) is 0 Å². The van der Waals surface area contributed by atoms with E-state index < -0.39 is 5.41 Å². The number of likely N-dealkylation sites (tertiary alicyclic amines) is 1. The van der Waals surface area contributed by atoms with E-state index in [1.165, 1.54) is 18.6 Å². The number of anilines is 1. The summed E-state index contributed by atoms with van der Waals surface area (Å²) in [4.78, 5) is 37.0. The number of aromatic nitrogens is 4. The van der Waals surface area contributed by atoms with Gasteiger partial charge in [-0.3, -0.25) is 19.3 Å². The molecule has 2 amide bonds. The van der Waals surface area contributed by atoms with Crippen LogP contribution in [0.25, 0.3) is 0 Å². The molecule has 2 aromatic heterocycles. The Kier molecular flexibility index (Phi) is 3.33. The van der Waals surface area contributed by atoms with Crippen LogP contribution < -0.4 is 4.90 Å². The molecule has 1 spiro atoms. The zero-order valence-corrected chi connectivity index (χ0v) is 13.4. The first-order valence-electron chi connectivity index (χ1n) is 7.95. The molecule has 2 aromatic rings. The summed E-state index contributed by atoms with van der Waals surface area (Å²) >= 11 is 0. The van der Waals surface area contributed by atoms with Crippen molar-refractivity contribution in [2.75, 3.05) is 24.5 Å². The van der Waals surface area contributed by atoms with Crippen LogP contribution in [0.15, 0.2) is 31.0 Å². The van der Waals surface area contributed by atoms with Gasteiger partial charge in [0.25, 0.3) is 5.91 Å². The molecule has 8 nitrogen and oxygen atoms in total. The summed E-state index contributed by atoms with van der Waals surface area (Å²) in [5.41, 5.74) is 0.662. The monoisotopic (exact) mass is 326 g/mol. The minimum absolute atomic E-state index is 0.0879. The van der Waals surface area contributed by atoms with Crippen molar-refractivity contribution in [2.24, 2.45) is 12.5 Å². The summed E-state index contributed by atoms with van der Waals surface area (Å²) in [6.07, 6.45) is 9.49. The summed E-state index contributed by atoms with van der Waals surface area (Å²) < 4.78 is 1.69. The molecule has 4 rings (SSSR count). The molecule has 124 valence electrons. The van der Waals surface area contributed by atoms with Gasteiger partial charge >= 0.3 is 0 Å². The van der Waals surface area contributed by atoms with Gasteiger partial charge in [-0.2, -0.15) is 5.10 Å². The highest BCUT2D eigenvalue weighted by Gasteiger charge is 2.52. The second kappa shape index (κ2) is 5.40. The molecule has 2 fully saturated rings. The van der Waals surface area contributed by atoms with Crippen LogP contribution in [0.2, 0.25) is 0 Å². The summed E-state index contributed by atoms with van der Waals surface area (Å²) in [7, 11) is 1.83. The number of nitrogens with zero attached hydrogens (tertiary/aromatic N) is 6. The van der Waals surface area contributed by atoms with E-state index in [9.17, 15) is 9.59 Å². The van der Waals surface area contributed by atoms with Gasteiger partial charge in [0.05, 0.1) is 23.5 Å². The third kappa shape index (κ3) is 2.26. The maximum atomic E-state index is 13.0. The molecule has 0 saturated carbocycles. The van der Waals surface area contributed by atoms with E-state index >= 15 is 0 Å². The third-order valence-electron chi connectivity index (χ3n) is 4.94. The van der Waals surface area contributed by atoms with Crippen molar-refractivity contribution in [3.63, 3.8) is 0 Å². The summed E-state index contributed by atoms with van der Waals surface area (Å²) in [6, 6.07) is 0. The molecule has 2 saturated heterocycles. The first-order valence-corrected chi connectivity index (χ1v) is 7.95. The average Bonchev–Trinajstić information content (AvgIpc) is 3.30. The van der Waals surface area contributed by atoms with Crippen molar-refractivity contribution in [1.82, 2.24) is 24.6 Å².